The lowest BCUT2D eigenvalue weighted by Gasteiger charge is -2.14. The highest BCUT2D eigenvalue weighted by molar-refractivity contribution is 14.1. The van der Waals surface area contributed by atoms with E-state index in [9.17, 15) is 5.11 Å². The summed E-state index contributed by atoms with van der Waals surface area (Å²) in [5.41, 5.74) is 2.85. The molecule has 2 rings (SSSR count). The van der Waals surface area contributed by atoms with E-state index in [1.54, 1.807) is 12.4 Å². The predicted octanol–water partition coefficient (Wildman–Crippen LogP) is 3.08. The van der Waals surface area contributed by atoms with Crippen LogP contribution >= 0.6 is 22.6 Å². The molecule has 0 fully saturated rings. The first-order valence-corrected chi connectivity index (χ1v) is 6.11. The van der Waals surface area contributed by atoms with Crippen molar-refractivity contribution in [2.45, 2.75) is 13.0 Å². The summed E-state index contributed by atoms with van der Waals surface area (Å²) >= 11 is 2.23. The second kappa shape index (κ2) is 4.93. The van der Waals surface area contributed by atoms with E-state index in [1.165, 1.54) is 0 Å². The Morgan fingerprint density at radius 2 is 1.94 bits per heavy atom. The van der Waals surface area contributed by atoms with Gasteiger partial charge in [0.2, 0.25) is 0 Å². The van der Waals surface area contributed by atoms with E-state index in [0.717, 1.165) is 20.3 Å². The monoisotopic (exact) mass is 325 g/mol. The van der Waals surface area contributed by atoms with Crippen molar-refractivity contribution < 1.29 is 5.11 Å². The summed E-state index contributed by atoms with van der Waals surface area (Å²) in [6.45, 7) is 1.98. The van der Waals surface area contributed by atoms with Gasteiger partial charge in [-0.15, -0.1) is 0 Å². The van der Waals surface area contributed by atoms with E-state index in [4.69, 9.17) is 0 Å². The minimum Gasteiger partial charge on any atom is -0.384 e. The van der Waals surface area contributed by atoms with Crippen LogP contribution in [0.1, 0.15) is 22.8 Å². The third-order valence-corrected chi connectivity index (χ3v) is 3.56. The van der Waals surface area contributed by atoms with Crippen LogP contribution in [0.2, 0.25) is 0 Å². The van der Waals surface area contributed by atoms with Gasteiger partial charge in [-0.2, -0.15) is 0 Å². The Bertz CT molecular complexity index is 453. The summed E-state index contributed by atoms with van der Waals surface area (Å²) in [6.07, 6.45) is 2.87. The average molecular weight is 325 g/mol. The molecule has 0 aliphatic carbocycles. The molecule has 0 bridgehead atoms. The number of benzene rings is 1. The van der Waals surface area contributed by atoms with E-state index >= 15 is 0 Å². The maximum absolute atomic E-state index is 10.3. The lowest BCUT2D eigenvalue weighted by atomic mass is 10.00. The van der Waals surface area contributed by atoms with Gasteiger partial charge in [-0.25, -0.2) is 0 Å². The van der Waals surface area contributed by atoms with E-state index < -0.39 is 6.10 Å². The van der Waals surface area contributed by atoms with Crippen LogP contribution in [0.3, 0.4) is 0 Å². The summed E-state index contributed by atoms with van der Waals surface area (Å²) < 4.78 is 1.07. The summed E-state index contributed by atoms with van der Waals surface area (Å²) in [5, 5.41) is 10.3. The van der Waals surface area contributed by atoms with Crippen molar-refractivity contribution in [3.63, 3.8) is 0 Å². The minimum absolute atomic E-state index is 0.596. The summed E-state index contributed by atoms with van der Waals surface area (Å²) in [4.78, 5) is 4.06. The second-order valence-electron chi connectivity index (χ2n) is 3.66. The molecule has 0 saturated carbocycles. The van der Waals surface area contributed by atoms with Crippen molar-refractivity contribution in [1.29, 1.82) is 0 Å². The number of nitrogens with zero attached hydrogens (tertiary/aromatic N) is 1. The topological polar surface area (TPSA) is 33.1 Å². The molecule has 16 heavy (non-hydrogen) atoms. The van der Waals surface area contributed by atoms with Crippen molar-refractivity contribution in [2.24, 2.45) is 0 Å². The van der Waals surface area contributed by atoms with Crippen LogP contribution in [0.25, 0.3) is 0 Å². The third-order valence-electron chi connectivity index (χ3n) is 2.57. The summed E-state index contributed by atoms with van der Waals surface area (Å²) in [5.74, 6) is 0. The Labute approximate surface area is 108 Å². The van der Waals surface area contributed by atoms with Crippen LogP contribution < -0.4 is 0 Å². The number of aliphatic hydroxyl groups is 1. The Kier molecular flexibility index (Phi) is 3.56. The lowest BCUT2D eigenvalue weighted by molar-refractivity contribution is 0.218. The fourth-order valence-corrected chi connectivity index (χ4v) is 2.31. The fourth-order valence-electron chi connectivity index (χ4n) is 1.63. The van der Waals surface area contributed by atoms with Crippen LogP contribution in [0.5, 0.6) is 0 Å². The highest BCUT2D eigenvalue weighted by Gasteiger charge is 2.14. The largest absolute Gasteiger partial charge is 0.384 e. The number of hydrogen-bond donors (Lipinski definition) is 1. The molecule has 2 nitrogen and oxygen atoms in total. The first kappa shape index (κ1) is 11.5. The molecule has 1 atom stereocenters. The second-order valence-corrected chi connectivity index (χ2v) is 4.82. The number of aromatic nitrogens is 1. The van der Waals surface area contributed by atoms with Gasteiger partial charge in [0.1, 0.15) is 6.10 Å². The Morgan fingerprint density at radius 3 is 2.62 bits per heavy atom. The molecule has 1 aromatic carbocycles. The zero-order valence-corrected chi connectivity index (χ0v) is 11.0. The molecule has 3 heteroatoms. The van der Waals surface area contributed by atoms with Crippen LogP contribution in [0.4, 0.5) is 0 Å². The van der Waals surface area contributed by atoms with Gasteiger partial charge in [0.15, 0.2) is 0 Å². The first-order valence-electron chi connectivity index (χ1n) is 5.03. The van der Waals surface area contributed by atoms with Gasteiger partial charge in [0, 0.05) is 21.5 Å². The smallest absolute Gasteiger partial charge is 0.107 e. The minimum atomic E-state index is -0.596. The van der Waals surface area contributed by atoms with Gasteiger partial charge in [-0.3, -0.25) is 4.98 Å². The SMILES string of the molecule is Cc1ccncc1C(O)c1ccccc1I. The molecular formula is C13H12INO. The summed E-state index contributed by atoms with van der Waals surface area (Å²) in [6, 6.07) is 9.75. The molecule has 2 aromatic rings. The highest BCUT2D eigenvalue weighted by Crippen LogP contribution is 2.27. The molecule has 1 N–H and O–H groups in total. The number of aliphatic hydroxyl groups excluding tert-OH is 1. The Balaban J connectivity index is 2.44. The number of rotatable bonds is 2. The summed E-state index contributed by atoms with van der Waals surface area (Å²) in [7, 11) is 0. The lowest BCUT2D eigenvalue weighted by Crippen LogP contribution is -2.04. The number of aryl methyl sites for hydroxylation is 1. The quantitative estimate of drug-likeness (QED) is 0.861. The highest BCUT2D eigenvalue weighted by atomic mass is 127. The molecule has 1 aromatic heterocycles. The van der Waals surface area contributed by atoms with Crippen LogP contribution in [0, 0.1) is 10.5 Å². The maximum atomic E-state index is 10.3. The van der Waals surface area contributed by atoms with Crippen molar-refractivity contribution in [3.05, 3.63) is 63.0 Å². The van der Waals surface area contributed by atoms with Crippen LogP contribution in [-0.4, -0.2) is 10.1 Å². The zero-order valence-electron chi connectivity index (χ0n) is 8.89. The molecule has 0 amide bonds. The van der Waals surface area contributed by atoms with E-state index in [1.807, 2.05) is 37.3 Å². The molecule has 0 aliphatic rings. The average Bonchev–Trinajstić information content (AvgIpc) is 2.29. The van der Waals surface area contributed by atoms with E-state index in [2.05, 4.69) is 27.6 Å². The van der Waals surface area contributed by atoms with Crippen molar-refractivity contribution in [2.75, 3.05) is 0 Å². The molecule has 1 heterocycles. The number of pyridine rings is 1. The van der Waals surface area contributed by atoms with E-state index in [0.29, 0.717) is 0 Å². The molecule has 82 valence electrons. The molecule has 0 radical (unpaired) electrons. The maximum Gasteiger partial charge on any atom is 0.107 e. The number of halogens is 1. The normalized spacial score (nSPS) is 12.4. The van der Waals surface area contributed by atoms with Gasteiger partial charge >= 0.3 is 0 Å². The third kappa shape index (κ3) is 2.25. The Hall–Kier alpha value is -0.940. The first-order chi connectivity index (χ1) is 7.70. The van der Waals surface area contributed by atoms with Crippen molar-refractivity contribution in [3.8, 4) is 0 Å². The van der Waals surface area contributed by atoms with Gasteiger partial charge in [-0.05, 0) is 52.8 Å². The van der Waals surface area contributed by atoms with Gasteiger partial charge in [0.05, 0.1) is 0 Å². The van der Waals surface area contributed by atoms with Crippen LogP contribution in [0.15, 0.2) is 42.7 Å². The molecular weight excluding hydrogens is 313 g/mol. The standard InChI is InChI=1S/C13H12INO/c1-9-6-7-15-8-11(9)13(16)10-4-2-3-5-12(10)14/h2-8,13,16H,1H3. The number of hydrogen-bond acceptors (Lipinski definition) is 2. The molecule has 0 aliphatic heterocycles. The van der Waals surface area contributed by atoms with Gasteiger partial charge in [0.25, 0.3) is 0 Å². The van der Waals surface area contributed by atoms with Gasteiger partial charge < -0.3 is 5.11 Å². The molecule has 1 unspecified atom stereocenters. The fraction of sp³-hybridized carbons (Fsp3) is 0.154. The molecule has 0 saturated heterocycles. The van der Waals surface area contributed by atoms with Crippen LogP contribution in [-0.2, 0) is 0 Å². The molecule has 0 spiro atoms. The van der Waals surface area contributed by atoms with E-state index in [-0.39, 0.29) is 0 Å². The van der Waals surface area contributed by atoms with Crippen molar-refractivity contribution in [1.82, 2.24) is 4.98 Å². The Morgan fingerprint density at radius 1 is 1.19 bits per heavy atom. The van der Waals surface area contributed by atoms with Crippen molar-refractivity contribution >= 4 is 22.6 Å². The predicted molar refractivity (Wildman–Crippen MR) is 72.2 cm³/mol. The van der Waals surface area contributed by atoms with Gasteiger partial charge in [-0.1, -0.05) is 18.2 Å². The zero-order chi connectivity index (χ0) is 11.5.